The van der Waals surface area contributed by atoms with Gasteiger partial charge in [0.2, 0.25) is 5.91 Å². The van der Waals surface area contributed by atoms with Crippen molar-refractivity contribution in [2.75, 3.05) is 26.2 Å². The summed E-state index contributed by atoms with van der Waals surface area (Å²) in [5, 5.41) is 3.66. The van der Waals surface area contributed by atoms with Crippen LogP contribution in [0.5, 0.6) is 0 Å². The fourth-order valence-electron chi connectivity index (χ4n) is 4.16. The number of halogens is 1. The van der Waals surface area contributed by atoms with E-state index in [2.05, 4.69) is 10.3 Å². The molecule has 0 atom stereocenters. The van der Waals surface area contributed by atoms with Crippen molar-refractivity contribution in [3.05, 3.63) is 71.7 Å². The predicted octanol–water partition coefficient (Wildman–Crippen LogP) is 3.62. The molecule has 2 aromatic carbocycles. The second-order valence-corrected chi connectivity index (χ2v) is 8.87. The van der Waals surface area contributed by atoms with Crippen molar-refractivity contribution in [2.45, 2.75) is 38.8 Å². The number of H-pyrrole nitrogens is 1. The first kappa shape index (κ1) is 25.2. The molecule has 1 saturated carbocycles. The Morgan fingerprint density at radius 1 is 1.11 bits per heavy atom. The molecule has 1 heterocycles. The van der Waals surface area contributed by atoms with E-state index in [1.165, 1.54) is 17.0 Å². The second-order valence-electron chi connectivity index (χ2n) is 8.87. The van der Waals surface area contributed by atoms with Gasteiger partial charge in [-0.25, -0.2) is 9.18 Å². The van der Waals surface area contributed by atoms with Gasteiger partial charge in [0.15, 0.2) is 0 Å². The van der Waals surface area contributed by atoms with E-state index in [9.17, 15) is 18.8 Å². The molecule has 0 unspecified atom stereocenters. The van der Waals surface area contributed by atoms with Crippen molar-refractivity contribution in [1.29, 1.82) is 0 Å². The van der Waals surface area contributed by atoms with Crippen molar-refractivity contribution in [2.24, 2.45) is 0 Å². The van der Waals surface area contributed by atoms with Gasteiger partial charge in [0, 0.05) is 36.2 Å². The first-order valence-electron chi connectivity index (χ1n) is 12.2. The van der Waals surface area contributed by atoms with Gasteiger partial charge in [-0.05, 0) is 55.5 Å². The summed E-state index contributed by atoms with van der Waals surface area (Å²) in [7, 11) is 0. The Labute approximate surface area is 209 Å². The Kier molecular flexibility index (Phi) is 8.20. The SMILES string of the molecule is CCOC(=O)CNC(=O)N(CC(=O)N(CCc1c[nH]c2ccccc12)Cc1ccc(F)cc1)C1CC1. The van der Waals surface area contributed by atoms with Crippen molar-refractivity contribution >= 4 is 28.8 Å². The minimum absolute atomic E-state index is 0.0302. The van der Waals surface area contributed by atoms with E-state index in [0.717, 1.165) is 34.9 Å². The van der Waals surface area contributed by atoms with Gasteiger partial charge in [-0.3, -0.25) is 9.59 Å². The highest BCUT2D eigenvalue weighted by Crippen LogP contribution is 2.27. The molecule has 36 heavy (non-hydrogen) atoms. The molecule has 1 fully saturated rings. The number of rotatable bonds is 11. The molecule has 4 rings (SSSR count). The van der Waals surface area contributed by atoms with Gasteiger partial charge in [-0.2, -0.15) is 0 Å². The Bertz CT molecular complexity index is 1210. The Balaban J connectivity index is 1.46. The third-order valence-electron chi connectivity index (χ3n) is 6.21. The maximum absolute atomic E-state index is 13.5. The molecular weight excluding hydrogens is 463 g/mol. The Hall–Kier alpha value is -3.88. The highest BCUT2D eigenvalue weighted by Gasteiger charge is 2.35. The topological polar surface area (TPSA) is 94.7 Å². The molecule has 8 nitrogen and oxygen atoms in total. The van der Waals surface area contributed by atoms with Crippen LogP contribution in [0.1, 0.15) is 30.9 Å². The Morgan fingerprint density at radius 2 is 1.86 bits per heavy atom. The molecule has 1 aliphatic rings. The number of amides is 3. The number of esters is 1. The fourth-order valence-corrected chi connectivity index (χ4v) is 4.16. The van der Waals surface area contributed by atoms with E-state index >= 15 is 0 Å². The number of nitrogens with zero attached hydrogens (tertiary/aromatic N) is 2. The highest BCUT2D eigenvalue weighted by molar-refractivity contribution is 5.87. The summed E-state index contributed by atoms with van der Waals surface area (Å²) in [6.45, 7) is 2.30. The summed E-state index contributed by atoms with van der Waals surface area (Å²) in [5.74, 6) is -1.07. The van der Waals surface area contributed by atoms with Crippen molar-refractivity contribution in [3.63, 3.8) is 0 Å². The van der Waals surface area contributed by atoms with Crippen LogP contribution in [0.15, 0.2) is 54.7 Å². The van der Waals surface area contributed by atoms with E-state index in [1.807, 2.05) is 30.5 Å². The van der Waals surface area contributed by atoms with E-state index < -0.39 is 12.0 Å². The molecule has 0 radical (unpaired) electrons. The lowest BCUT2D eigenvalue weighted by Crippen LogP contribution is -2.49. The minimum Gasteiger partial charge on any atom is -0.465 e. The van der Waals surface area contributed by atoms with E-state index in [-0.39, 0.29) is 37.5 Å². The van der Waals surface area contributed by atoms with Crippen molar-refractivity contribution in [3.8, 4) is 0 Å². The molecule has 190 valence electrons. The quantitative estimate of drug-likeness (QED) is 0.398. The van der Waals surface area contributed by atoms with Gasteiger partial charge >= 0.3 is 12.0 Å². The number of carbonyl (C=O) groups excluding carboxylic acids is 3. The van der Waals surface area contributed by atoms with E-state index in [4.69, 9.17) is 4.74 Å². The van der Waals surface area contributed by atoms with Crippen molar-refractivity contribution < 1.29 is 23.5 Å². The van der Waals surface area contributed by atoms with Crippen LogP contribution in [0, 0.1) is 5.82 Å². The molecule has 2 N–H and O–H groups in total. The normalized spacial score (nSPS) is 12.8. The average Bonchev–Trinajstić information content (AvgIpc) is 3.64. The van der Waals surface area contributed by atoms with Crippen LogP contribution in [0.4, 0.5) is 9.18 Å². The summed E-state index contributed by atoms with van der Waals surface area (Å²) in [6.07, 6.45) is 4.20. The minimum atomic E-state index is -0.524. The first-order valence-corrected chi connectivity index (χ1v) is 12.2. The zero-order valence-electron chi connectivity index (χ0n) is 20.3. The number of carbonyl (C=O) groups is 3. The number of benzene rings is 2. The molecule has 3 amide bonds. The lowest BCUT2D eigenvalue weighted by Gasteiger charge is -2.28. The molecule has 9 heteroatoms. The van der Waals surface area contributed by atoms with Crippen LogP contribution in [0.3, 0.4) is 0 Å². The summed E-state index contributed by atoms with van der Waals surface area (Å²) in [6, 6.07) is 13.6. The zero-order chi connectivity index (χ0) is 25.5. The van der Waals surface area contributed by atoms with Gasteiger partial charge in [0.05, 0.1) is 6.61 Å². The third kappa shape index (κ3) is 6.62. The number of ether oxygens (including phenoxy) is 1. The first-order chi connectivity index (χ1) is 17.4. The third-order valence-corrected chi connectivity index (χ3v) is 6.21. The summed E-state index contributed by atoms with van der Waals surface area (Å²) >= 11 is 0. The summed E-state index contributed by atoms with van der Waals surface area (Å²) in [4.78, 5) is 44.3. The van der Waals surface area contributed by atoms with Crippen LogP contribution < -0.4 is 5.32 Å². The molecule has 3 aromatic rings. The maximum atomic E-state index is 13.5. The monoisotopic (exact) mass is 494 g/mol. The Morgan fingerprint density at radius 3 is 2.58 bits per heavy atom. The van der Waals surface area contributed by atoms with Gasteiger partial charge in [0.1, 0.15) is 18.9 Å². The van der Waals surface area contributed by atoms with E-state index in [0.29, 0.717) is 19.5 Å². The van der Waals surface area contributed by atoms with Crippen LogP contribution in [0.2, 0.25) is 0 Å². The lowest BCUT2D eigenvalue weighted by atomic mass is 10.1. The van der Waals surface area contributed by atoms with Crippen LogP contribution >= 0.6 is 0 Å². The number of hydrogen-bond donors (Lipinski definition) is 2. The molecule has 0 aliphatic heterocycles. The lowest BCUT2D eigenvalue weighted by molar-refractivity contribution is -0.141. The van der Waals surface area contributed by atoms with Gasteiger partial charge in [-0.15, -0.1) is 0 Å². The van der Waals surface area contributed by atoms with Crippen LogP contribution in [0.25, 0.3) is 10.9 Å². The average molecular weight is 495 g/mol. The number of nitrogens with one attached hydrogen (secondary N) is 2. The smallest absolute Gasteiger partial charge is 0.325 e. The number of hydrogen-bond acceptors (Lipinski definition) is 4. The number of fused-ring (bicyclic) bond motifs is 1. The largest absolute Gasteiger partial charge is 0.465 e. The molecule has 1 aromatic heterocycles. The molecule has 0 saturated heterocycles. The van der Waals surface area contributed by atoms with Crippen molar-refractivity contribution in [1.82, 2.24) is 20.1 Å². The molecular formula is C27H31FN4O4. The highest BCUT2D eigenvalue weighted by atomic mass is 19.1. The number of aromatic amines is 1. The number of aromatic nitrogens is 1. The van der Waals surface area contributed by atoms with Gasteiger partial charge in [0.25, 0.3) is 0 Å². The second kappa shape index (κ2) is 11.7. The molecule has 0 spiro atoms. The number of para-hydroxylation sites is 1. The molecule has 0 bridgehead atoms. The number of urea groups is 1. The summed E-state index contributed by atoms with van der Waals surface area (Å²) in [5.41, 5.74) is 2.92. The van der Waals surface area contributed by atoms with Gasteiger partial charge < -0.3 is 24.8 Å². The zero-order valence-corrected chi connectivity index (χ0v) is 20.3. The standard InChI is InChI=1S/C27H31FN4O4/c1-2-36-26(34)16-30-27(35)32(22-11-12-22)18-25(33)31(17-19-7-9-21(28)10-8-19)14-13-20-15-29-24-6-4-3-5-23(20)24/h3-10,15,22,29H,2,11-14,16-18H2,1H3,(H,30,35). The predicted molar refractivity (Wildman–Crippen MR) is 134 cm³/mol. The van der Waals surface area contributed by atoms with E-state index in [1.54, 1.807) is 24.0 Å². The van der Waals surface area contributed by atoms with Crippen LogP contribution in [-0.4, -0.2) is 65.0 Å². The van der Waals surface area contributed by atoms with Gasteiger partial charge in [-0.1, -0.05) is 30.3 Å². The summed E-state index contributed by atoms with van der Waals surface area (Å²) < 4.78 is 18.3. The fraction of sp³-hybridized carbons (Fsp3) is 0.370. The molecule has 1 aliphatic carbocycles. The maximum Gasteiger partial charge on any atom is 0.325 e. The van der Waals surface area contributed by atoms with Crippen LogP contribution in [-0.2, 0) is 27.3 Å².